The number of phenolic OH excluding ortho intramolecular Hbond substituents is 1. The zero-order valence-electron chi connectivity index (χ0n) is 22.7. The number of fused-ring (bicyclic) bond motifs is 1. The number of likely N-dealkylation sites (tertiary alicyclic amines) is 1. The van der Waals surface area contributed by atoms with Crippen molar-refractivity contribution in [3.05, 3.63) is 59.2 Å². The molecule has 3 aliphatic rings. The summed E-state index contributed by atoms with van der Waals surface area (Å²) in [6.07, 6.45) is 2.66. The Labute approximate surface area is 220 Å². The van der Waals surface area contributed by atoms with E-state index in [1.807, 2.05) is 32.9 Å². The lowest BCUT2D eigenvalue weighted by Gasteiger charge is -2.64. The molecule has 2 aromatic rings. The fraction of sp³-hybridized carbons (Fsp3) is 0.567. The number of hydrogen-bond acceptors (Lipinski definition) is 6. The van der Waals surface area contributed by atoms with E-state index in [2.05, 4.69) is 36.2 Å². The quantitative estimate of drug-likeness (QED) is 0.627. The Kier molecular flexibility index (Phi) is 6.44. The number of aliphatic hydroxyl groups is 1. The van der Waals surface area contributed by atoms with Gasteiger partial charge in [-0.1, -0.05) is 36.4 Å². The van der Waals surface area contributed by atoms with E-state index in [9.17, 15) is 15.0 Å². The van der Waals surface area contributed by atoms with Crippen LogP contribution in [0.15, 0.2) is 42.5 Å². The third-order valence-corrected chi connectivity index (χ3v) is 8.84. The molecule has 1 heterocycles. The van der Waals surface area contributed by atoms with E-state index >= 15 is 0 Å². The highest BCUT2D eigenvalue weighted by Gasteiger charge is 2.66. The summed E-state index contributed by atoms with van der Waals surface area (Å²) >= 11 is 0. The van der Waals surface area contributed by atoms with E-state index in [0.717, 1.165) is 24.1 Å². The van der Waals surface area contributed by atoms with E-state index in [4.69, 9.17) is 9.47 Å². The molecular formula is C30H40N2O5. The zero-order valence-corrected chi connectivity index (χ0v) is 22.7. The molecule has 0 spiro atoms. The molecule has 4 atom stereocenters. The van der Waals surface area contributed by atoms with Gasteiger partial charge < -0.3 is 24.6 Å². The molecule has 2 aliphatic carbocycles. The van der Waals surface area contributed by atoms with Gasteiger partial charge in [0.2, 0.25) is 0 Å². The van der Waals surface area contributed by atoms with Gasteiger partial charge >= 0.3 is 6.09 Å². The Bertz CT molecular complexity index is 1160. The van der Waals surface area contributed by atoms with Gasteiger partial charge in [-0.25, -0.2) is 4.79 Å². The maximum absolute atomic E-state index is 13.3. The average molecular weight is 509 g/mol. The van der Waals surface area contributed by atoms with Crippen molar-refractivity contribution in [3.63, 3.8) is 0 Å². The number of amides is 1. The summed E-state index contributed by atoms with van der Waals surface area (Å²) in [5.74, 6) is 0.539. The molecule has 2 bridgehead atoms. The maximum Gasteiger partial charge on any atom is 0.410 e. The minimum atomic E-state index is -1.18. The molecule has 37 heavy (non-hydrogen) atoms. The van der Waals surface area contributed by atoms with E-state index in [1.54, 1.807) is 18.1 Å². The first kappa shape index (κ1) is 25.9. The van der Waals surface area contributed by atoms with E-state index < -0.39 is 22.7 Å². The molecule has 0 radical (unpaired) electrons. The molecule has 200 valence electrons. The largest absolute Gasteiger partial charge is 0.504 e. The van der Waals surface area contributed by atoms with Crippen LogP contribution in [0.2, 0.25) is 0 Å². The van der Waals surface area contributed by atoms with Crippen LogP contribution >= 0.6 is 0 Å². The Morgan fingerprint density at radius 1 is 1.16 bits per heavy atom. The van der Waals surface area contributed by atoms with Crippen LogP contribution in [0.4, 0.5) is 4.79 Å². The third kappa shape index (κ3) is 4.26. The van der Waals surface area contributed by atoms with Gasteiger partial charge in [-0.05, 0) is 77.1 Å². The van der Waals surface area contributed by atoms with Gasteiger partial charge in [-0.15, -0.1) is 0 Å². The number of piperidine rings is 1. The second-order valence-electron chi connectivity index (χ2n) is 12.1. The summed E-state index contributed by atoms with van der Waals surface area (Å²) in [5, 5.41) is 24.0. The predicted octanol–water partition coefficient (Wildman–Crippen LogP) is 4.62. The smallest absolute Gasteiger partial charge is 0.410 e. The van der Waals surface area contributed by atoms with Crippen LogP contribution in [0.25, 0.3) is 0 Å². The summed E-state index contributed by atoms with van der Waals surface area (Å²) in [6.45, 7) is 6.86. The first-order valence-corrected chi connectivity index (χ1v) is 13.3. The van der Waals surface area contributed by atoms with Crippen LogP contribution in [-0.4, -0.2) is 70.1 Å². The lowest BCUT2D eigenvalue weighted by atomic mass is 9.48. The Morgan fingerprint density at radius 3 is 2.57 bits per heavy atom. The number of aromatic hydroxyl groups is 1. The highest BCUT2D eigenvalue weighted by molar-refractivity contribution is 5.70. The standard InChI is InChI=1S/C30H40N2O5/c1-28(2,3)37-27(34)32-16-15-29-18-22(31(4)19-20-9-7-6-8-10-20)13-14-30(29,35)24(32)17-21-11-12-23(36-5)26(33)25(21)29/h6-12,22,24,33,35H,13-19H2,1-5H3/t22?,24?,29-,30?/m0/s1. The second kappa shape index (κ2) is 9.21. The van der Waals surface area contributed by atoms with E-state index in [-0.39, 0.29) is 17.9 Å². The van der Waals surface area contributed by atoms with Crippen molar-refractivity contribution in [1.29, 1.82) is 0 Å². The van der Waals surface area contributed by atoms with Gasteiger partial charge in [0.25, 0.3) is 0 Å². The Balaban J connectivity index is 1.55. The number of hydrogen-bond donors (Lipinski definition) is 2. The number of ether oxygens (including phenoxy) is 2. The normalized spacial score (nSPS) is 28.9. The predicted molar refractivity (Wildman–Crippen MR) is 142 cm³/mol. The van der Waals surface area contributed by atoms with Crippen LogP contribution < -0.4 is 4.74 Å². The summed E-state index contributed by atoms with van der Waals surface area (Å²) in [6, 6.07) is 14.0. The van der Waals surface area contributed by atoms with Crippen LogP contribution in [-0.2, 0) is 23.1 Å². The molecule has 1 saturated carbocycles. The second-order valence-corrected chi connectivity index (χ2v) is 12.1. The maximum atomic E-state index is 13.3. The number of rotatable bonds is 4. The molecule has 5 rings (SSSR count). The summed E-state index contributed by atoms with van der Waals surface area (Å²) in [7, 11) is 3.69. The number of carbonyl (C=O) groups is 1. The van der Waals surface area contributed by atoms with Crippen molar-refractivity contribution in [1.82, 2.24) is 9.80 Å². The molecule has 1 aliphatic heterocycles. The Morgan fingerprint density at radius 2 is 1.89 bits per heavy atom. The number of carbonyl (C=O) groups excluding carboxylic acids is 1. The Hall–Kier alpha value is -2.77. The molecule has 1 saturated heterocycles. The lowest BCUT2D eigenvalue weighted by Crippen LogP contribution is -2.74. The highest BCUT2D eigenvalue weighted by atomic mass is 16.6. The number of methoxy groups -OCH3 is 1. The van der Waals surface area contributed by atoms with Gasteiger partial charge in [0.05, 0.1) is 18.8 Å². The van der Waals surface area contributed by atoms with Gasteiger partial charge in [-0.3, -0.25) is 4.90 Å². The van der Waals surface area contributed by atoms with E-state index in [1.165, 1.54) is 5.56 Å². The average Bonchev–Trinajstić information content (AvgIpc) is 2.83. The molecule has 3 unspecified atom stereocenters. The van der Waals surface area contributed by atoms with Crippen LogP contribution in [0.1, 0.15) is 63.1 Å². The zero-order chi connectivity index (χ0) is 26.6. The molecule has 7 heteroatoms. The molecule has 2 aromatic carbocycles. The third-order valence-electron chi connectivity index (χ3n) is 8.84. The van der Waals surface area contributed by atoms with Gasteiger partial charge in [0, 0.05) is 30.1 Å². The molecule has 2 N–H and O–H groups in total. The van der Waals surface area contributed by atoms with Gasteiger partial charge in [0.15, 0.2) is 11.5 Å². The topological polar surface area (TPSA) is 82.5 Å². The van der Waals surface area contributed by atoms with Crippen LogP contribution in [0.3, 0.4) is 0 Å². The molecule has 0 aromatic heterocycles. The van der Waals surface area contributed by atoms with Crippen molar-refractivity contribution in [3.8, 4) is 11.5 Å². The summed E-state index contributed by atoms with van der Waals surface area (Å²) in [5.41, 5.74) is 0.512. The minimum Gasteiger partial charge on any atom is -0.504 e. The monoisotopic (exact) mass is 508 g/mol. The molecular weight excluding hydrogens is 468 g/mol. The van der Waals surface area contributed by atoms with Crippen molar-refractivity contribution < 1.29 is 24.5 Å². The molecule has 1 amide bonds. The molecule has 2 fully saturated rings. The SMILES string of the molecule is COc1ccc2c(c1O)[C@@]13CCN(C(=O)OC(C)(C)C)C(C2)C1(O)CCC(N(C)Cc1ccccc1)C3. The fourth-order valence-corrected chi connectivity index (χ4v) is 7.17. The number of nitrogens with zero attached hydrogens (tertiary/aromatic N) is 2. The fourth-order valence-electron chi connectivity index (χ4n) is 7.17. The van der Waals surface area contributed by atoms with Crippen molar-refractivity contribution in [2.45, 2.75) is 88.1 Å². The van der Waals surface area contributed by atoms with Crippen molar-refractivity contribution in [2.24, 2.45) is 0 Å². The van der Waals surface area contributed by atoms with E-state index in [0.29, 0.717) is 38.0 Å². The molecule has 7 nitrogen and oxygen atoms in total. The number of phenols is 1. The van der Waals surface area contributed by atoms with Crippen molar-refractivity contribution >= 4 is 6.09 Å². The summed E-state index contributed by atoms with van der Waals surface area (Å²) in [4.78, 5) is 17.4. The van der Waals surface area contributed by atoms with Crippen LogP contribution in [0.5, 0.6) is 11.5 Å². The highest BCUT2D eigenvalue weighted by Crippen LogP contribution is 2.61. The van der Waals surface area contributed by atoms with Crippen LogP contribution in [0, 0.1) is 0 Å². The summed E-state index contributed by atoms with van der Waals surface area (Å²) < 4.78 is 11.3. The van der Waals surface area contributed by atoms with Gasteiger partial charge in [-0.2, -0.15) is 0 Å². The first-order valence-electron chi connectivity index (χ1n) is 13.3. The lowest BCUT2D eigenvalue weighted by molar-refractivity contribution is -0.172. The minimum absolute atomic E-state index is 0.119. The van der Waals surface area contributed by atoms with Crippen molar-refractivity contribution in [2.75, 3.05) is 20.7 Å². The number of benzene rings is 2. The van der Waals surface area contributed by atoms with Gasteiger partial charge in [0.1, 0.15) is 5.60 Å². The first-order chi connectivity index (χ1) is 17.5.